The first-order chi connectivity index (χ1) is 10.0. The van der Waals surface area contributed by atoms with Gasteiger partial charge in [-0.3, -0.25) is 0 Å². The molecule has 21 heavy (non-hydrogen) atoms. The summed E-state index contributed by atoms with van der Waals surface area (Å²) in [6.45, 7) is 2.57. The fourth-order valence-corrected chi connectivity index (χ4v) is 2.86. The molecule has 1 aromatic carbocycles. The van der Waals surface area contributed by atoms with Gasteiger partial charge in [-0.15, -0.1) is 0 Å². The Morgan fingerprint density at radius 1 is 1.29 bits per heavy atom. The van der Waals surface area contributed by atoms with Gasteiger partial charge in [0.25, 0.3) is 0 Å². The van der Waals surface area contributed by atoms with E-state index in [0.29, 0.717) is 23.9 Å². The van der Waals surface area contributed by atoms with E-state index in [0.717, 1.165) is 15.1 Å². The Labute approximate surface area is 138 Å². The summed E-state index contributed by atoms with van der Waals surface area (Å²) >= 11 is 6.79. The number of anilines is 3. The van der Waals surface area contributed by atoms with Gasteiger partial charge in [-0.1, -0.05) is 0 Å². The summed E-state index contributed by atoms with van der Waals surface area (Å²) < 4.78 is 20.6. The van der Waals surface area contributed by atoms with Gasteiger partial charge >= 0.3 is 0 Å². The molecular weight excluding hydrogens is 407 g/mol. The lowest BCUT2D eigenvalue weighted by atomic mass is 10.3. The predicted molar refractivity (Wildman–Crippen MR) is 87.8 cm³/mol. The second-order valence-electron chi connectivity index (χ2n) is 4.01. The minimum absolute atomic E-state index is 0.0889. The Hall–Kier alpha value is -1.41. The number of benzene rings is 1. The summed E-state index contributed by atoms with van der Waals surface area (Å²) in [5, 5.41) is 5.86. The van der Waals surface area contributed by atoms with Crippen LogP contribution in [0.2, 0.25) is 0 Å². The average molecular weight is 420 g/mol. The van der Waals surface area contributed by atoms with E-state index in [1.807, 2.05) is 13.0 Å². The topological polar surface area (TPSA) is 59.1 Å². The molecule has 0 aliphatic heterocycles. The summed E-state index contributed by atoms with van der Waals surface area (Å²) in [7, 11) is 1.56. The number of halogens is 3. The highest BCUT2D eigenvalue weighted by atomic mass is 79.9. The molecule has 2 aromatic rings. The molecule has 8 heteroatoms. The molecular formula is C13H13Br2FN4O. The molecule has 0 radical (unpaired) electrons. The fourth-order valence-electron chi connectivity index (χ4n) is 1.61. The largest absolute Gasteiger partial charge is 0.495 e. The Balaban J connectivity index is 2.35. The van der Waals surface area contributed by atoms with E-state index in [-0.39, 0.29) is 5.82 Å². The lowest BCUT2D eigenvalue weighted by molar-refractivity contribution is 0.412. The van der Waals surface area contributed by atoms with Crippen molar-refractivity contribution in [3.05, 3.63) is 33.1 Å². The number of ether oxygens (including phenoxy) is 1. The van der Waals surface area contributed by atoms with Crippen molar-refractivity contribution in [1.29, 1.82) is 0 Å². The summed E-state index contributed by atoms with van der Waals surface area (Å²) in [4.78, 5) is 7.95. The van der Waals surface area contributed by atoms with E-state index in [4.69, 9.17) is 4.74 Å². The Kier molecular flexibility index (Phi) is 5.35. The molecule has 0 unspecified atom stereocenters. The third kappa shape index (κ3) is 3.82. The maximum absolute atomic E-state index is 13.8. The number of hydrogen-bond acceptors (Lipinski definition) is 5. The Morgan fingerprint density at radius 3 is 2.71 bits per heavy atom. The van der Waals surface area contributed by atoms with E-state index >= 15 is 0 Å². The number of nitrogens with one attached hydrogen (secondary N) is 2. The Morgan fingerprint density at radius 2 is 2.05 bits per heavy atom. The average Bonchev–Trinajstić information content (AvgIpc) is 2.45. The first kappa shape index (κ1) is 16.0. The van der Waals surface area contributed by atoms with E-state index in [1.54, 1.807) is 13.2 Å². The van der Waals surface area contributed by atoms with Crippen LogP contribution in [0, 0.1) is 5.82 Å². The lowest BCUT2D eigenvalue weighted by Crippen LogP contribution is -2.06. The van der Waals surface area contributed by atoms with Crippen molar-refractivity contribution < 1.29 is 9.13 Å². The fraction of sp³-hybridized carbons (Fsp3) is 0.231. The van der Waals surface area contributed by atoms with Crippen LogP contribution in [-0.2, 0) is 0 Å². The van der Waals surface area contributed by atoms with Gasteiger partial charge in [-0.05, 0) is 44.8 Å². The molecule has 0 saturated carbocycles. The highest BCUT2D eigenvalue weighted by molar-refractivity contribution is 9.11. The van der Waals surface area contributed by atoms with E-state index in [2.05, 4.69) is 52.5 Å². The van der Waals surface area contributed by atoms with Crippen LogP contribution in [-0.4, -0.2) is 23.6 Å². The van der Waals surface area contributed by atoms with Crippen molar-refractivity contribution in [2.45, 2.75) is 6.92 Å². The van der Waals surface area contributed by atoms with Gasteiger partial charge < -0.3 is 15.4 Å². The number of aromatic nitrogens is 2. The second kappa shape index (κ2) is 7.04. The smallest absolute Gasteiger partial charge is 0.224 e. The molecule has 1 heterocycles. The number of rotatable bonds is 5. The van der Waals surface area contributed by atoms with Gasteiger partial charge in [0, 0.05) is 17.1 Å². The maximum atomic E-state index is 13.8. The third-order valence-corrected chi connectivity index (χ3v) is 3.85. The summed E-state index contributed by atoms with van der Waals surface area (Å²) in [6.07, 6.45) is 1.12. The molecule has 2 N–H and O–H groups in total. The minimum Gasteiger partial charge on any atom is -0.495 e. The van der Waals surface area contributed by atoms with Crippen LogP contribution < -0.4 is 15.4 Å². The second-order valence-corrected chi connectivity index (χ2v) is 5.72. The summed E-state index contributed by atoms with van der Waals surface area (Å²) in [5.41, 5.74) is 0.634. The normalized spacial score (nSPS) is 10.3. The van der Waals surface area contributed by atoms with Gasteiger partial charge in [-0.25, -0.2) is 9.37 Å². The molecule has 0 aliphatic rings. The zero-order chi connectivity index (χ0) is 15.4. The predicted octanol–water partition coefficient (Wildman–Crippen LogP) is 4.32. The molecule has 112 valence electrons. The van der Waals surface area contributed by atoms with Crippen molar-refractivity contribution in [2.75, 3.05) is 24.3 Å². The van der Waals surface area contributed by atoms with Crippen LogP contribution in [0.4, 0.5) is 21.8 Å². The zero-order valence-electron chi connectivity index (χ0n) is 11.4. The number of hydrogen-bond donors (Lipinski definition) is 2. The molecule has 0 fully saturated rings. The first-order valence-electron chi connectivity index (χ1n) is 6.11. The molecule has 0 spiro atoms. The number of nitrogens with zero attached hydrogens (tertiary/aromatic N) is 2. The van der Waals surface area contributed by atoms with Crippen molar-refractivity contribution in [1.82, 2.24) is 9.97 Å². The van der Waals surface area contributed by atoms with Gasteiger partial charge in [-0.2, -0.15) is 4.98 Å². The SMILES string of the molecule is CCNc1ncc(F)c(Nc2cc(OC)c(Br)cc2Br)n1. The standard InChI is InChI=1S/C13H13Br2FN4O/c1-3-17-13-18-6-9(16)12(20-13)19-10-5-11(21-2)8(15)4-7(10)14/h4-6H,3H2,1-2H3,(H2,17,18,19,20). The van der Waals surface area contributed by atoms with Crippen LogP contribution in [0.1, 0.15) is 6.92 Å². The van der Waals surface area contributed by atoms with Crippen molar-refractivity contribution in [2.24, 2.45) is 0 Å². The molecule has 1 aromatic heterocycles. The molecule has 0 amide bonds. The Bertz CT molecular complexity index is 654. The van der Waals surface area contributed by atoms with Gasteiger partial charge in [0.15, 0.2) is 11.6 Å². The molecule has 0 saturated heterocycles. The molecule has 2 rings (SSSR count). The molecule has 0 aliphatic carbocycles. The van der Waals surface area contributed by atoms with Gasteiger partial charge in [0.1, 0.15) is 5.75 Å². The van der Waals surface area contributed by atoms with Gasteiger partial charge in [0.05, 0.1) is 23.5 Å². The highest BCUT2D eigenvalue weighted by Gasteiger charge is 2.11. The minimum atomic E-state index is -0.537. The first-order valence-corrected chi connectivity index (χ1v) is 7.70. The molecule has 5 nitrogen and oxygen atoms in total. The van der Waals surface area contributed by atoms with Crippen LogP contribution in [0.5, 0.6) is 5.75 Å². The maximum Gasteiger partial charge on any atom is 0.224 e. The summed E-state index contributed by atoms with van der Waals surface area (Å²) in [5.74, 6) is 0.542. The van der Waals surface area contributed by atoms with Crippen molar-refractivity contribution in [3.8, 4) is 5.75 Å². The van der Waals surface area contributed by atoms with Crippen LogP contribution in [0.15, 0.2) is 27.3 Å². The highest BCUT2D eigenvalue weighted by Crippen LogP contribution is 2.36. The summed E-state index contributed by atoms with van der Waals surface area (Å²) in [6, 6.07) is 3.55. The van der Waals surface area contributed by atoms with Crippen LogP contribution in [0.3, 0.4) is 0 Å². The van der Waals surface area contributed by atoms with Gasteiger partial charge in [0.2, 0.25) is 5.95 Å². The molecule has 0 bridgehead atoms. The van der Waals surface area contributed by atoms with E-state index in [9.17, 15) is 4.39 Å². The number of methoxy groups -OCH3 is 1. The van der Waals surface area contributed by atoms with Crippen LogP contribution >= 0.6 is 31.9 Å². The van der Waals surface area contributed by atoms with E-state index < -0.39 is 5.82 Å². The van der Waals surface area contributed by atoms with Crippen molar-refractivity contribution >= 4 is 49.3 Å². The van der Waals surface area contributed by atoms with E-state index in [1.165, 1.54) is 0 Å². The third-order valence-electron chi connectivity index (χ3n) is 2.57. The molecule has 0 atom stereocenters. The zero-order valence-corrected chi connectivity index (χ0v) is 14.5. The van der Waals surface area contributed by atoms with Crippen LogP contribution in [0.25, 0.3) is 0 Å². The lowest BCUT2D eigenvalue weighted by Gasteiger charge is -2.12. The van der Waals surface area contributed by atoms with Crippen molar-refractivity contribution in [3.63, 3.8) is 0 Å². The quantitative estimate of drug-likeness (QED) is 0.755. The monoisotopic (exact) mass is 418 g/mol.